The Hall–Kier alpha value is -1.68. The normalized spacial score (nSPS) is 26.6. The molecule has 1 fully saturated rings. The van der Waals surface area contributed by atoms with Gasteiger partial charge in [-0.25, -0.2) is 4.98 Å². The Bertz CT molecular complexity index is 590. The highest BCUT2D eigenvalue weighted by Gasteiger charge is 2.36. The van der Waals surface area contributed by atoms with Gasteiger partial charge >= 0.3 is 0 Å². The summed E-state index contributed by atoms with van der Waals surface area (Å²) >= 11 is 0. The van der Waals surface area contributed by atoms with E-state index in [1.54, 1.807) is 0 Å². The van der Waals surface area contributed by atoms with Crippen LogP contribution >= 0.6 is 0 Å². The Labute approximate surface area is 120 Å². The van der Waals surface area contributed by atoms with Crippen molar-refractivity contribution in [2.45, 2.75) is 38.1 Å². The Kier molecular flexibility index (Phi) is 3.34. The molecule has 1 saturated carbocycles. The van der Waals surface area contributed by atoms with E-state index in [0.29, 0.717) is 5.92 Å². The number of hydrogen-bond acceptors (Lipinski definition) is 3. The Morgan fingerprint density at radius 2 is 2.05 bits per heavy atom. The summed E-state index contributed by atoms with van der Waals surface area (Å²) in [6.45, 7) is 2.27. The second-order valence-corrected chi connectivity index (χ2v) is 6.11. The average Bonchev–Trinajstić information content (AvgIpc) is 2.82. The van der Waals surface area contributed by atoms with Crippen LogP contribution in [0.2, 0.25) is 0 Å². The summed E-state index contributed by atoms with van der Waals surface area (Å²) in [5.74, 6) is 2.35. The monoisotopic (exact) mass is 270 g/mol. The molecular formula is C16H22N4. The van der Waals surface area contributed by atoms with Crippen molar-refractivity contribution in [3.8, 4) is 11.4 Å². The molecular weight excluding hydrogens is 248 g/mol. The van der Waals surface area contributed by atoms with Gasteiger partial charge in [0.2, 0.25) is 0 Å². The molecule has 0 spiro atoms. The second kappa shape index (κ2) is 5.02. The first-order chi connectivity index (χ1) is 9.58. The lowest BCUT2D eigenvalue weighted by atomic mass is 9.76. The fourth-order valence-corrected chi connectivity index (χ4v) is 3.32. The van der Waals surface area contributed by atoms with Gasteiger partial charge in [-0.05, 0) is 18.8 Å². The van der Waals surface area contributed by atoms with Crippen molar-refractivity contribution in [2.75, 3.05) is 0 Å². The van der Waals surface area contributed by atoms with Crippen LogP contribution in [0.1, 0.15) is 38.4 Å². The van der Waals surface area contributed by atoms with E-state index in [1.165, 1.54) is 12.8 Å². The molecule has 2 atom stereocenters. The number of aryl methyl sites for hydroxylation is 1. The van der Waals surface area contributed by atoms with Gasteiger partial charge < -0.3 is 5.73 Å². The van der Waals surface area contributed by atoms with Crippen LogP contribution in [0.3, 0.4) is 0 Å². The van der Waals surface area contributed by atoms with Gasteiger partial charge in [-0.1, -0.05) is 50.1 Å². The van der Waals surface area contributed by atoms with Gasteiger partial charge in [0.25, 0.3) is 0 Å². The first-order valence-corrected chi connectivity index (χ1v) is 7.34. The highest BCUT2D eigenvalue weighted by Crippen LogP contribution is 2.37. The van der Waals surface area contributed by atoms with Crippen molar-refractivity contribution < 1.29 is 0 Å². The molecule has 4 heteroatoms. The molecule has 1 aromatic heterocycles. The quantitative estimate of drug-likeness (QED) is 0.913. The summed E-state index contributed by atoms with van der Waals surface area (Å²) in [6.07, 6.45) is 4.43. The number of benzene rings is 1. The average molecular weight is 270 g/mol. The number of hydrogen-bond donors (Lipinski definition) is 1. The zero-order chi connectivity index (χ0) is 14.2. The minimum Gasteiger partial charge on any atom is -0.319 e. The molecule has 2 N–H and O–H groups in total. The molecule has 1 aromatic carbocycles. The molecule has 106 valence electrons. The summed E-state index contributed by atoms with van der Waals surface area (Å²) in [5.41, 5.74) is 7.36. The summed E-state index contributed by atoms with van der Waals surface area (Å²) in [5, 5.41) is 4.55. The highest BCUT2D eigenvalue weighted by molar-refractivity contribution is 5.54. The minimum atomic E-state index is -0.327. The van der Waals surface area contributed by atoms with Gasteiger partial charge in [-0.2, -0.15) is 5.10 Å². The number of nitrogens with zero attached hydrogens (tertiary/aromatic N) is 3. The zero-order valence-corrected chi connectivity index (χ0v) is 12.2. The molecule has 0 amide bonds. The Morgan fingerprint density at radius 1 is 1.30 bits per heavy atom. The lowest BCUT2D eigenvalue weighted by Crippen LogP contribution is -2.43. The molecule has 2 aromatic rings. The van der Waals surface area contributed by atoms with E-state index < -0.39 is 0 Å². The van der Waals surface area contributed by atoms with E-state index >= 15 is 0 Å². The summed E-state index contributed by atoms with van der Waals surface area (Å²) in [4.78, 5) is 4.74. The third-order valence-corrected chi connectivity index (χ3v) is 4.27. The van der Waals surface area contributed by atoms with Gasteiger partial charge in [0.05, 0.1) is 5.54 Å². The molecule has 0 aliphatic heterocycles. The minimum absolute atomic E-state index is 0.327. The molecule has 20 heavy (non-hydrogen) atoms. The number of rotatable bonds is 2. The second-order valence-electron chi connectivity index (χ2n) is 6.11. The molecule has 3 rings (SSSR count). The van der Waals surface area contributed by atoms with E-state index in [-0.39, 0.29) is 5.54 Å². The van der Waals surface area contributed by atoms with Gasteiger partial charge in [-0.15, -0.1) is 0 Å². The Balaban J connectivity index is 1.97. The van der Waals surface area contributed by atoms with Crippen molar-refractivity contribution >= 4 is 0 Å². The lowest BCUT2D eigenvalue weighted by molar-refractivity contribution is 0.222. The molecule has 2 unspecified atom stereocenters. The van der Waals surface area contributed by atoms with Crippen LogP contribution in [0.25, 0.3) is 11.4 Å². The third-order valence-electron chi connectivity index (χ3n) is 4.27. The van der Waals surface area contributed by atoms with Crippen LogP contribution < -0.4 is 5.73 Å². The predicted molar refractivity (Wildman–Crippen MR) is 79.9 cm³/mol. The van der Waals surface area contributed by atoms with Crippen LogP contribution in [0, 0.1) is 5.92 Å². The van der Waals surface area contributed by atoms with Crippen molar-refractivity contribution in [1.82, 2.24) is 14.8 Å². The molecule has 0 radical (unpaired) electrons. The van der Waals surface area contributed by atoms with Crippen molar-refractivity contribution in [1.29, 1.82) is 0 Å². The number of nitrogens with two attached hydrogens (primary N) is 1. The van der Waals surface area contributed by atoms with Crippen molar-refractivity contribution in [2.24, 2.45) is 18.7 Å². The van der Waals surface area contributed by atoms with Crippen LogP contribution in [0.4, 0.5) is 0 Å². The van der Waals surface area contributed by atoms with Crippen molar-refractivity contribution in [3.05, 3.63) is 36.2 Å². The maximum Gasteiger partial charge on any atom is 0.181 e. The first kappa shape index (κ1) is 13.3. The SMILES string of the molecule is CC1CCCC(N)(c2nc(-c3ccccc3)nn2C)C1. The summed E-state index contributed by atoms with van der Waals surface area (Å²) < 4.78 is 1.86. The van der Waals surface area contributed by atoms with Crippen LogP contribution in [0.5, 0.6) is 0 Å². The maximum atomic E-state index is 6.64. The predicted octanol–water partition coefficient (Wildman–Crippen LogP) is 2.85. The fraction of sp³-hybridized carbons (Fsp3) is 0.500. The molecule has 1 aliphatic rings. The third kappa shape index (κ3) is 2.36. The van der Waals surface area contributed by atoms with Crippen LogP contribution in [-0.2, 0) is 12.6 Å². The molecule has 1 heterocycles. The largest absolute Gasteiger partial charge is 0.319 e. The zero-order valence-electron chi connectivity index (χ0n) is 12.2. The van der Waals surface area contributed by atoms with E-state index in [1.807, 2.05) is 42.1 Å². The van der Waals surface area contributed by atoms with Crippen molar-refractivity contribution in [3.63, 3.8) is 0 Å². The first-order valence-electron chi connectivity index (χ1n) is 7.34. The smallest absolute Gasteiger partial charge is 0.181 e. The van der Waals surface area contributed by atoms with Crippen LogP contribution in [0.15, 0.2) is 30.3 Å². The van der Waals surface area contributed by atoms with Gasteiger partial charge in [0.15, 0.2) is 5.82 Å². The van der Waals surface area contributed by atoms with E-state index in [4.69, 9.17) is 10.7 Å². The highest BCUT2D eigenvalue weighted by atomic mass is 15.3. The van der Waals surface area contributed by atoms with E-state index in [2.05, 4.69) is 12.0 Å². The lowest BCUT2D eigenvalue weighted by Gasteiger charge is -2.35. The summed E-state index contributed by atoms with van der Waals surface area (Å²) in [7, 11) is 1.95. The molecule has 4 nitrogen and oxygen atoms in total. The summed E-state index contributed by atoms with van der Waals surface area (Å²) in [6, 6.07) is 10.1. The Morgan fingerprint density at radius 3 is 2.75 bits per heavy atom. The van der Waals surface area contributed by atoms with Crippen LogP contribution in [-0.4, -0.2) is 14.8 Å². The van der Waals surface area contributed by atoms with E-state index in [0.717, 1.165) is 30.1 Å². The standard InChI is InChI=1S/C16H22N4/c1-12-7-6-10-16(17,11-12)15-18-14(19-20(15)2)13-8-4-3-5-9-13/h3-5,8-9,12H,6-7,10-11,17H2,1-2H3. The van der Waals surface area contributed by atoms with Gasteiger partial charge in [-0.3, -0.25) is 4.68 Å². The fourth-order valence-electron chi connectivity index (χ4n) is 3.32. The maximum absolute atomic E-state index is 6.64. The van der Waals surface area contributed by atoms with Gasteiger partial charge in [0.1, 0.15) is 5.82 Å². The molecule has 1 aliphatic carbocycles. The molecule has 0 bridgehead atoms. The topological polar surface area (TPSA) is 56.7 Å². The molecule has 0 saturated heterocycles. The number of aromatic nitrogens is 3. The van der Waals surface area contributed by atoms with Gasteiger partial charge in [0, 0.05) is 12.6 Å². The van der Waals surface area contributed by atoms with E-state index in [9.17, 15) is 0 Å².